The molecule has 0 spiro atoms. The minimum Gasteiger partial charge on any atom is -0.378 e. The first-order chi connectivity index (χ1) is 12.1. The predicted molar refractivity (Wildman–Crippen MR) is 97.7 cm³/mol. The quantitative estimate of drug-likeness (QED) is 0.840. The van der Waals surface area contributed by atoms with Crippen LogP contribution in [0.2, 0.25) is 0 Å². The molecule has 0 atom stereocenters. The summed E-state index contributed by atoms with van der Waals surface area (Å²) < 4.78 is 7.80. The smallest absolute Gasteiger partial charge is 0.257 e. The van der Waals surface area contributed by atoms with E-state index in [1.54, 1.807) is 4.68 Å². The van der Waals surface area contributed by atoms with Crippen LogP contribution >= 0.6 is 0 Å². The van der Waals surface area contributed by atoms with Crippen LogP contribution in [-0.2, 0) is 18.2 Å². The van der Waals surface area contributed by atoms with Crippen molar-refractivity contribution in [3.8, 4) is 0 Å². The van der Waals surface area contributed by atoms with Crippen molar-refractivity contribution in [2.24, 2.45) is 7.05 Å². The molecule has 0 unspecified atom stereocenters. The highest BCUT2D eigenvalue weighted by atomic mass is 16.5. The summed E-state index contributed by atoms with van der Waals surface area (Å²) in [5, 5.41) is 4.36. The van der Waals surface area contributed by atoms with E-state index in [-0.39, 0.29) is 12.0 Å². The first-order valence-corrected chi connectivity index (χ1v) is 9.01. The number of benzene rings is 1. The van der Waals surface area contributed by atoms with Crippen LogP contribution in [0.3, 0.4) is 0 Å². The molecule has 1 aromatic heterocycles. The van der Waals surface area contributed by atoms with Crippen molar-refractivity contribution in [3.05, 3.63) is 52.8 Å². The summed E-state index contributed by atoms with van der Waals surface area (Å²) in [6, 6.07) is 10.4. The van der Waals surface area contributed by atoms with Gasteiger partial charge in [-0.15, -0.1) is 0 Å². The van der Waals surface area contributed by atoms with Crippen LogP contribution in [0.1, 0.15) is 40.2 Å². The zero-order chi connectivity index (χ0) is 17.8. The third-order valence-electron chi connectivity index (χ3n) is 5.04. The van der Waals surface area contributed by atoms with E-state index < -0.39 is 0 Å². The maximum Gasteiger partial charge on any atom is 0.257 e. The van der Waals surface area contributed by atoms with Gasteiger partial charge in [-0.3, -0.25) is 9.48 Å². The van der Waals surface area contributed by atoms with E-state index in [1.165, 1.54) is 5.56 Å². The number of aromatic nitrogens is 2. The number of ether oxygens (including phenoxy) is 1. The second-order valence-corrected chi connectivity index (χ2v) is 6.77. The fourth-order valence-electron chi connectivity index (χ4n) is 3.45. The molecule has 3 rings (SSSR count). The van der Waals surface area contributed by atoms with Crippen molar-refractivity contribution < 1.29 is 9.53 Å². The molecule has 0 N–H and O–H groups in total. The highest BCUT2D eigenvalue weighted by Gasteiger charge is 2.27. The number of likely N-dealkylation sites (tertiary alicyclic amines) is 1. The minimum atomic E-state index is 0.103. The van der Waals surface area contributed by atoms with E-state index in [1.807, 2.05) is 31.9 Å². The molecular weight excluding hydrogens is 314 g/mol. The van der Waals surface area contributed by atoms with Gasteiger partial charge in [-0.25, -0.2) is 0 Å². The average Bonchev–Trinajstić information content (AvgIpc) is 2.88. The third-order valence-corrected chi connectivity index (χ3v) is 5.04. The molecule has 2 aromatic rings. The van der Waals surface area contributed by atoms with E-state index >= 15 is 0 Å². The number of rotatable bonds is 5. The Morgan fingerprint density at radius 1 is 1.20 bits per heavy atom. The number of carbonyl (C=O) groups excluding carboxylic acids is 1. The zero-order valence-corrected chi connectivity index (χ0v) is 15.4. The van der Waals surface area contributed by atoms with Gasteiger partial charge >= 0.3 is 0 Å². The van der Waals surface area contributed by atoms with Gasteiger partial charge in [0.1, 0.15) is 0 Å². The number of amides is 1. The number of hydrogen-bond acceptors (Lipinski definition) is 3. The lowest BCUT2D eigenvalue weighted by Gasteiger charge is -2.32. The topological polar surface area (TPSA) is 47.4 Å². The van der Waals surface area contributed by atoms with Crippen LogP contribution in [0.4, 0.5) is 0 Å². The molecule has 25 heavy (non-hydrogen) atoms. The molecule has 1 aromatic carbocycles. The SMILES string of the molecule is Cc1nn(C)c(C)c1C(=O)N1CCC(OCCc2ccccc2)CC1. The largest absolute Gasteiger partial charge is 0.378 e. The highest BCUT2D eigenvalue weighted by molar-refractivity contribution is 5.96. The molecule has 134 valence electrons. The van der Waals surface area contributed by atoms with Gasteiger partial charge in [0.25, 0.3) is 5.91 Å². The lowest BCUT2D eigenvalue weighted by Crippen LogP contribution is -2.41. The normalized spacial score (nSPS) is 15.6. The first-order valence-electron chi connectivity index (χ1n) is 9.01. The maximum absolute atomic E-state index is 12.8. The van der Waals surface area contributed by atoms with Crippen LogP contribution in [0.15, 0.2) is 30.3 Å². The van der Waals surface area contributed by atoms with Gasteiger partial charge in [-0.1, -0.05) is 30.3 Å². The number of hydrogen-bond donors (Lipinski definition) is 0. The van der Waals surface area contributed by atoms with Crippen molar-refractivity contribution in [1.29, 1.82) is 0 Å². The van der Waals surface area contributed by atoms with Crippen LogP contribution in [-0.4, -0.2) is 46.4 Å². The van der Waals surface area contributed by atoms with Gasteiger partial charge in [-0.05, 0) is 38.7 Å². The number of nitrogens with zero attached hydrogens (tertiary/aromatic N) is 3. The molecule has 5 heteroatoms. The maximum atomic E-state index is 12.8. The zero-order valence-electron chi connectivity index (χ0n) is 15.4. The van der Waals surface area contributed by atoms with E-state index in [9.17, 15) is 4.79 Å². The summed E-state index contributed by atoms with van der Waals surface area (Å²) in [6.07, 6.45) is 3.00. The molecule has 0 radical (unpaired) electrons. The van der Waals surface area contributed by atoms with Gasteiger partial charge in [0.2, 0.25) is 0 Å². The Labute approximate surface area is 149 Å². The van der Waals surface area contributed by atoms with Gasteiger partial charge in [-0.2, -0.15) is 5.10 Å². The van der Waals surface area contributed by atoms with Crippen LogP contribution < -0.4 is 0 Å². The van der Waals surface area contributed by atoms with Crippen LogP contribution in [0.25, 0.3) is 0 Å². The standard InChI is InChI=1S/C20H27N3O2/c1-15-19(16(2)22(3)21-15)20(24)23-12-9-18(10-13-23)25-14-11-17-7-5-4-6-8-17/h4-8,18H,9-14H2,1-3H3. The van der Waals surface area contributed by atoms with Crippen molar-refractivity contribution >= 4 is 5.91 Å². The summed E-state index contributed by atoms with van der Waals surface area (Å²) in [5.41, 5.74) is 3.80. The molecule has 5 nitrogen and oxygen atoms in total. The van der Waals surface area contributed by atoms with Crippen LogP contribution in [0, 0.1) is 13.8 Å². The van der Waals surface area contributed by atoms with Gasteiger partial charge < -0.3 is 9.64 Å². The van der Waals surface area contributed by atoms with E-state index in [4.69, 9.17) is 4.74 Å². The Morgan fingerprint density at radius 2 is 1.88 bits per heavy atom. The van der Waals surface area contributed by atoms with Crippen molar-refractivity contribution in [2.75, 3.05) is 19.7 Å². The van der Waals surface area contributed by atoms with Crippen LogP contribution in [0.5, 0.6) is 0 Å². The van der Waals surface area contributed by atoms with E-state index in [2.05, 4.69) is 29.4 Å². The molecule has 1 aliphatic rings. The minimum absolute atomic E-state index is 0.103. The second kappa shape index (κ2) is 7.83. The molecule has 1 saturated heterocycles. The monoisotopic (exact) mass is 341 g/mol. The van der Waals surface area contributed by atoms with E-state index in [0.717, 1.165) is 55.9 Å². The fourth-order valence-corrected chi connectivity index (χ4v) is 3.45. The molecule has 0 bridgehead atoms. The molecule has 1 fully saturated rings. The Kier molecular flexibility index (Phi) is 5.53. The van der Waals surface area contributed by atoms with E-state index in [0.29, 0.717) is 0 Å². The lowest BCUT2D eigenvalue weighted by molar-refractivity contribution is 0.0100. The van der Waals surface area contributed by atoms with Gasteiger partial charge in [0.05, 0.1) is 24.0 Å². The number of piperidine rings is 1. The number of aryl methyl sites for hydroxylation is 2. The first kappa shape index (κ1) is 17.7. The van der Waals surface area contributed by atoms with Gasteiger partial charge in [0.15, 0.2) is 0 Å². The Balaban J connectivity index is 1.47. The molecular formula is C20H27N3O2. The Bertz CT molecular complexity index is 716. The average molecular weight is 341 g/mol. The fraction of sp³-hybridized carbons (Fsp3) is 0.500. The second-order valence-electron chi connectivity index (χ2n) is 6.77. The summed E-state index contributed by atoms with van der Waals surface area (Å²) in [5.74, 6) is 0.103. The Hall–Kier alpha value is -2.14. The van der Waals surface area contributed by atoms with Gasteiger partial charge in [0, 0.05) is 25.8 Å². The predicted octanol–water partition coefficient (Wildman–Crippen LogP) is 2.90. The van der Waals surface area contributed by atoms with Crippen molar-refractivity contribution in [1.82, 2.24) is 14.7 Å². The summed E-state index contributed by atoms with van der Waals surface area (Å²) in [4.78, 5) is 14.7. The molecule has 1 aliphatic heterocycles. The summed E-state index contributed by atoms with van der Waals surface area (Å²) >= 11 is 0. The third kappa shape index (κ3) is 4.10. The lowest BCUT2D eigenvalue weighted by atomic mass is 10.1. The molecule has 0 aliphatic carbocycles. The summed E-state index contributed by atoms with van der Waals surface area (Å²) in [6.45, 7) is 6.10. The highest BCUT2D eigenvalue weighted by Crippen LogP contribution is 2.20. The molecule has 0 saturated carbocycles. The summed E-state index contributed by atoms with van der Waals surface area (Å²) in [7, 11) is 1.88. The molecule has 1 amide bonds. The number of carbonyl (C=O) groups is 1. The van der Waals surface area contributed by atoms with Crippen molar-refractivity contribution in [2.45, 2.75) is 39.2 Å². The van der Waals surface area contributed by atoms with Crippen molar-refractivity contribution in [3.63, 3.8) is 0 Å². The Morgan fingerprint density at radius 3 is 2.48 bits per heavy atom. The molecule has 2 heterocycles.